The summed E-state index contributed by atoms with van der Waals surface area (Å²) in [6.07, 6.45) is 6.79. The first-order valence-electron chi connectivity index (χ1n) is 3.09. The first kappa shape index (κ1) is 8.62. The molecule has 1 unspecified atom stereocenters. The van der Waals surface area contributed by atoms with Gasteiger partial charge in [0.1, 0.15) is 5.54 Å². The molecule has 0 radical (unpaired) electrons. The number of alkyl halides is 1. The zero-order valence-corrected chi connectivity index (χ0v) is 7.19. The van der Waals surface area contributed by atoms with E-state index in [1.807, 2.05) is 0 Å². The fourth-order valence-electron chi connectivity index (χ4n) is 0.778. The maximum absolute atomic E-state index is 10.9. The van der Waals surface area contributed by atoms with E-state index in [1.54, 1.807) is 24.4 Å². The Balaban J connectivity index is 2.85. The first-order chi connectivity index (χ1) is 5.21. The molecule has 0 aromatic rings. The second-order valence-electron chi connectivity index (χ2n) is 2.24. The lowest BCUT2D eigenvalue weighted by Gasteiger charge is -2.25. The van der Waals surface area contributed by atoms with E-state index in [9.17, 15) is 4.79 Å². The van der Waals surface area contributed by atoms with Crippen LogP contribution in [0.4, 0.5) is 0 Å². The SMILES string of the molecule is O=C(Cl)C1(CCl)C=CC=CN1. The molecule has 1 N–H and O–H groups in total. The maximum Gasteiger partial charge on any atom is 0.252 e. The Labute approximate surface area is 74.9 Å². The van der Waals surface area contributed by atoms with Crippen LogP contribution in [0, 0.1) is 0 Å². The van der Waals surface area contributed by atoms with Crippen molar-refractivity contribution in [1.29, 1.82) is 0 Å². The first-order valence-corrected chi connectivity index (χ1v) is 4.00. The summed E-state index contributed by atoms with van der Waals surface area (Å²) in [7, 11) is 0. The molecule has 0 aromatic carbocycles. The highest BCUT2D eigenvalue weighted by Gasteiger charge is 2.33. The van der Waals surface area contributed by atoms with Gasteiger partial charge in [0, 0.05) is 0 Å². The van der Waals surface area contributed by atoms with Gasteiger partial charge in [0.05, 0.1) is 5.88 Å². The third-order valence-corrected chi connectivity index (χ3v) is 2.25. The van der Waals surface area contributed by atoms with Crippen molar-refractivity contribution in [3.05, 3.63) is 24.4 Å². The second kappa shape index (κ2) is 3.28. The zero-order chi connectivity index (χ0) is 8.32. The number of hydrogen-bond donors (Lipinski definition) is 1. The summed E-state index contributed by atoms with van der Waals surface area (Å²) in [5.41, 5.74) is -0.905. The van der Waals surface area contributed by atoms with Crippen LogP contribution < -0.4 is 5.32 Å². The average molecular weight is 192 g/mol. The van der Waals surface area contributed by atoms with Gasteiger partial charge in [-0.25, -0.2) is 0 Å². The predicted octanol–water partition coefficient (Wildman–Crippen LogP) is 1.40. The topological polar surface area (TPSA) is 29.1 Å². The van der Waals surface area contributed by atoms with E-state index in [2.05, 4.69) is 5.32 Å². The monoisotopic (exact) mass is 191 g/mol. The van der Waals surface area contributed by atoms with Crippen molar-refractivity contribution < 1.29 is 4.79 Å². The molecule has 0 amide bonds. The Bertz CT molecular complexity index is 224. The lowest BCUT2D eigenvalue weighted by atomic mass is 10.0. The van der Waals surface area contributed by atoms with Gasteiger partial charge in [0.2, 0.25) is 0 Å². The number of hydrogen-bond acceptors (Lipinski definition) is 2. The van der Waals surface area contributed by atoms with Gasteiger partial charge in [-0.1, -0.05) is 6.08 Å². The van der Waals surface area contributed by atoms with Crippen molar-refractivity contribution in [2.75, 3.05) is 5.88 Å². The molecule has 0 aliphatic carbocycles. The van der Waals surface area contributed by atoms with Crippen molar-refractivity contribution in [3.63, 3.8) is 0 Å². The van der Waals surface area contributed by atoms with E-state index < -0.39 is 10.8 Å². The molecule has 2 nitrogen and oxygen atoms in total. The summed E-state index contributed by atoms with van der Waals surface area (Å²) in [6, 6.07) is 0. The van der Waals surface area contributed by atoms with Crippen molar-refractivity contribution in [2.45, 2.75) is 5.54 Å². The van der Waals surface area contributed by atoms with Gasteiger partial charge in [-0.05, 0) is 30.0 Å². The Morgan fingerprint density at radius 3 is 2.55 bits per heavy atom. The van der Waals surface area contributed by atoms with E-state index in [-0.39, 0.29) is 5.88 Å². The minimum absolute atomic E-state index is 0.135. The summed E-state index contributed by atoms with van der Waals surface area (Å²) in [5, 5.41) is 2.31. The highest BCUT2D eigenvalue weighted by molar-refractivity contribution is 6.66. The van der Waals surface area contributed by atoms with Crippen LogP contribution in [0.2, 0.25) is 0 Å². The Morgan fingerprint density at radius 2 is 2.27 bits per heavy atom. The molecule has 0 fully saturated rings. The molecule has 1 atom stereocenters. The minimum Gasteiger partial charge on any atom is -0.374 e. The van der Waals surface area contributed by atoms with Crippen LogP contribution in [0.25, 0.3) is 0 Å². The van der Waals surface area contributed by atoms with Gasteiger partial charge in [-0.15, -0.1) is 11.6 Å². The number of rotatable bonds is 2. The van der Waals surface area contributed by atoms with E-state index in [1.165, 1.54) is 0 Å². The third kappa shape index (κ3) is 1.57. The van der Waals surface area contributed by atoms with E-state index >= 15 is 0 Å². The van der Waals surface area contributed by atoms with Crippen LogP contribution in [0.1, 0.15) is 0 Å². The molecule has 1 heterocycles. The van der Waals surface area contributed by atoms with E-state index in [0.717, 1.165) is 0 Å². The van der Waals surface area contributed by atoms with Crippen molar-refractivity contribution in [2.24, 2.45) is 0 Å². The van der Waals surface area contributed by atoms with Crippen molar-refractivity contribution in [1.82, 2.24) is 5.32 Å². The van der Waals surface area contributed by atoms with Crippen LogP contribution in [0.15, 0.2) is 24.4 Å². The smallest absolute Gasteiger partial charge is 0.252 e. The summed E-state index contributed by atoms with van der Waals surface area (Å²) in [5.74, 6) is 0.135. The van der Waals surface area contributed by atoms with Crippen LogP contribution in [-0.2, 0) is 4.79 Å². The molecule has 1 aliphatic heterocycles. The maximum atomic E-state index is 10.9. The lowest BCUT2D eigenvalue weighted by molar-refractivity contribution is -0.115. The molecule has 1 rings (SSSR count). The van der Waals surface area contributed by atoms with Gasteiger partial charge in [0.15, 0.2) is 0 Å². The number of carbonyl (C=O) groups is 1. The average Bonchev–Trinajstić information content (AvgIpc) is 2.05. The van der Waals surface area contributed by atoms with Gasteiger partial charge in [-0.2, -0.15) is 0 Å². The standard InChI is InChI=1S/C7H7Cl2NO/c8-5-7(6(9)11)3-1-2-4-10-7/h1-4,10H,5H2. The Hall–Kier alpha value is -0.470. The number of allylic oxidation sites excluding steroid dienone is 2. The molecule has 0 bridgehead atoms. The quantitative estimate of drug-likeness (QED) is 0.529. The van der Waals surface area contributed by atoms with Gasteiger partial charge >= 0.3 is 0 Å². The lowest BCUT2D eigenvalue weighted by Crippen LogP contribution is -2.48. The molecular weight excluding hydrogens is 185 g/mol. The Kier molecular flexibility index (Phi) is 2.58. The van der Waals surface area contributed by atoms with E-state index in [0.29, 0.717) is 0 Å². The number of nitrogens with one attached hydrogen (secondary N) is 1. The number of halogens is 2. The highest BCUT2D eigenvalue weighted by atomic mass is 35.5. The zero-order valence-electron chi connectivity index (χ0n) is 5.68. The van der Waals surface area contributed by atoms with Crippen molar-refractivity contribution in [3.8, 4) is 0 Å². The molecule has 0 saturated heterocycles. The molecule has 0 aromatic heterocycles. The molecule has 0 spiro atoms. The normalized spacial score (nSPS) is 28.2. The summed E-state index contributed by atoms with van der Waals surface area (Å²) < 4.78 is 0. The van der Waals surface area contributed by atoms with Crippen LogP contribution >= 0.6 is 23.2 Å². The van der Waals surface area contributed by atoms with Gasteiger partial charge < -0.3 is 5.32 Å². The number of dihydropyridines is 1. The van der Waals surface area contributed by atoms with Crippen molar-refractivity contribution >= 4 is 28.4 Å². The predicted molar refractivity (Wildman–Crippen MR) is 45.7 cm³/mol. The fraction of sp³-hybridized carbons (Fsp3) is 0.286. The number of carbonyl (C=O) groups excluding carboxylic acids is 1. The Morgan fingerprint density at radius 1 is 1.55 bits per heavy atom. The largest absolute Gasteiger partial charge is 0.374 e. The molecular formula is C7H7Cl2NO. The molecule has 1 aliphatic rings. The molecule has 60 valence electrons. The summed E-state index contributed by atoms with van der Waals surface area (Å²) in [4.78, 5) is 10.9. The van der Waals surface area contributed by atoms with Gasteiger partial charge in [-0.3, -0.25) is 4.79 Å². The fourth-order valence-corrected chi connectivity index (χ4v) is 1.32. The van der Waals surface area contributed by atoms with Gasteiger partial charge in [0.25, 0.3) is 5.24 Å². The minimum atomic E-state index is -0.905. The van der Waals surface area contributed by atoms with E-state index in [4.69, 9.17) is 23.2 Å². The summed E-state index contributed by atoms with van der Waals surface area (Å²) in [6.45, 7) is 0. The van der Waals surface area contributed by atoms with Crippen LogP contribution in [0.5, 0.6) is 0 Å². The molecule has 11 heavy (non-hydrogen) atoms. The summed E-state index contributed by atoms with van der Waals surface area (Å²) >= 11 is 10.9. The highest BCUT2D eigenvalue weighted by Crippen LogP contribution is 2.16. The molecule has 0 saturated carbocycles. The molecule has 4 heteroatoms. The third-order valence-electron chi connectivity index (χ3n) is 1.49. The second-order valence-corrected chi connectivity index (χ2v) is 2.85. The van der Waals surface area contributed by atoms with Crippen LogP contribution in [-0.4, -0.2) is 16.7 Å². The van der Waals surface area contributed by atoms with Crippen LogP contribution in [0.3, 0.4) is 0 Å².